The molecule has 6 nitrogen and oxygen atoms in total. The first kappa shape index (κ1) is 13.3. The van der Waals surface area contributed by atoms with Gasteiger partial charge in [-0.25, -0.2) is 4.98 Å². The lowest BCUT2D eigenvalue weighted by Gasteiger charge is -2.11. The number of nitrogens with zero attached hydrogens (tertiary/aromatic N) is 4. The highest BCUT2D eigenvalue weighted by Gasteiger charge is 2.02. The molecule has 0 aliphatic heterocycles. The Morgan fingerprint density at radius 3 is 2.89 bits per heavy atom. The van der Waals surface area contributed by atoms with Gasteiger partial charge in [0, 0.05) is 32.5 Å². The summed E-state index contributed by atoms with van der Waals surface area (Å²) in [7, 11) is 3.86. The third kappa shape index (κ3) is 3.67. The van der Waals surface area contributed by atoms with Crippen LogP contribution in [-0.2, 0) is 6.42 Å². The molecule has 19 heavy (non-hydrogen) atoms. The molecule has 0 spiro atoms. The standard InChI is InChI=1S/C13H20N6/c1-10-11(9-16-18-10)5-4-7-14-12-6-8-15-13(17-12)19(2)3/h6,8-9H,4-5,7H2,1-3H3,(H,16,18)(H,14,15,17). The van der Waals surface area contributed by atoms with Crippen molar-refractivity contribution in [3.05, 3.63) is 29.7 Å². The van der Waals surface area contributed by atoms with Gasteiger partial charge >= 0.3 is 0 Å². The molecular weight excluding hydrogens is 240 g/mol. The summed E-state index contributed by atoms with van der Waals surface area (Å²) in [6.07, 6.45) is 5.72. The number of nitrogens with one attached hydrogen (secondary N) is 2. The molecule has 2 aromatic heterocycles. The Hall–Kier alpha value is -2.11. The van der Waals surface area contributed by atoms with Crippen LogP contribution in [0.1, 0.15) is 17.7 Å². The Kier molecular flexibility index (Phi) is 4.33. The Labute approximate surface area is 113 Å². The van der Waals surface area contributed by atoms with Gasteiger partial charge in [0.05, 0.1) is 6.20 Å². The van der Waals surface area contributed by atoms with Crippen molar-refractivity contribution in [1.82, 2.24) is 20.2 Å². The van der Waals surface area contributed by atoms with Crippen LogP contribution in [0.4, 0.5) is 11.8 Å². The molecule has 6 heteroatoms. The topological polar surface area (TPSA) is 69.7 Å². The molecule has 0 fully saturated rings. The maximum absolute atomic E-state index is 4.41. The molecule has 0 unspecified atom stereocenters. The predicted octanol–water partition coefficient (Wildman–Crippen LogP) is 1.62. The molecule has 0 atom stereocenters. The lowest BCUT2D eigenvalue weighted by atomic mass is 10.1. The van der Waals surface area contributed by atoms with E-state index in [0.29, 0.717) is 0 Å². The summed E-state index contributed by atoms with van der Waals surface area (Å²) in [5.74, 6) is 1.58. The predicted molar refractivity (Wildman–Crippen MR) is 76.5 cm³/mol. The summed E-state index contributed by atoms with van der Waals surface area (Å²) in [5.41, 5.74) is 2.43. The SMILES string of the molecule is Cc1[nH]ncc1CCCNc1ccnc(N(C)C)n1. The molecule has 2 N–H and O–H groups in total. The Bertz CT molecular complexity index is 519. The molecule has 0 saturated carbocycles. The normalized spacial score (nSPS) is 10.5. The smallest absolute Gasteiger partial charge is 0.226 e. The van der Waals surface area contributed by atoms with E-state index in [1.807, 2.05) is 38.2 Å². The zero-order valence-corrected chi connectivity index (χ0v) is 11.6. The lowest BCUT2D eigenvalue weighted by molar-refractivity contribution is 0.851. The fraction of sp³-hybridized carbons (Fsp3) is 0.462. The van der Waals surface area contributed by atoms with E-state index < -0.39 is 0 Å². The fourth-order valence-electron chi connectivity index (χ4n) is 1.79. The van der Waals surface area contributed by atoms with Crippen molar-refractivity contribution in [2.45, 2.75) is 19.8 Å². The number of aryl methyl sites for hydroxylation is 2. The van der Waals surface area contributed by atoms with Crippen molar-refractivity contribution < 1.29 is 0 Å². The maximum Gasteiger partial charge on any atom is 0.226 e. The summed E-state index contributed by atoms with van der Waals surface area (Å²) < 4.78 is 0. The second kappa shape index (κ2) is 6.17. The van der Waals surface area contributed by atoms with E-state index in [0.717, 1.165) is 36.8 Å². The minimum atomic E-state index is 0.718. The van der Waals surface area contributed by atoms with Crippen LogP contribution < -0.4 is 10.2 Å². The van der Waals surface area contributed by atoms with E-state index in [1.165, 1.54) is 5.56 Å². The number of rotatable bonds is 6. The largest absolute Gasteiger partial charge is 0.370 e. The molecule has 2 aromatic rings. The molecule has 0 amide bonds. The van der Waals surface area contributed by atoms with Gasteiger partial charge in [-0.1, -0.05) is 0 Å². The average molecular weight is 260 g/mol. The second-order valence-corrected chi connectivity index (χ2v) is 4.69. The lowest BCUT2D eigenvalue weighted by Crippen LogP contribution is -2.14. The van der Waals surface area contributed by atoms with E-state index in [9.17, 15) is 0 Å². The first-order valence-corrected chi connectivity index (χ1v) is 6.40. The number of anilines is 2. The van der Waals surface area contributed by atoms with Crippen LogP contribution in [0.5, 0.6) is 0 Å². The van der Waals surface area contributed by atoms with Crippen molar-refractivity contribution >= 4 is 11.8 Å². The molecule has 0 aliphatic carbocycles. The number of H-pyrrole nitrogens is 1. The average Bonchev–Trinajstić information content (AvgIpc) is 2.81. The van der Waals surface area contributed by atoms with Gasteiger partial charge in [0.2, 0.25) is 5.95 Å². The van der Waals surface area contributed by atoms with Crippen LogP contribution in [-0.4, -0.2) is 40.8 Å². The van der Waals surface area contributed by atoms with Crippen molar-refractivity contribution in [3.63, 3.8) is 0 Å². The van der Waals surface area contributed by atoms with Gasteiger partial charge < -0.3 is 10.2 Å². The molecule has 0 saturated heterocycles. The highest BCUT2D eigenvalue weighted by molar-refractivity contribution is 5.40. The molecule has 2 rings (SSSR count). The van der Waals surface area contributed by atoms with Gasteiger partial charge in [-0.05, 0) is 31.4 Å². The first-order chi connectivity index (χ1) is 9.16. The van der Waals surface area contributed by atoms with E-state index in [4.69, 9.17) is 0 Å². The zero-order chi connectivity index (χ0) is 13.7. The van der Waals surface area contributed by atoms with E-state index >= 15 is 0 Å². The number of hydrogen-bond acceptors (Lipinski definition) is 5. The van der Waals surface area contributed by atoms with Gasteiger partial charge in [0.15, 0.2) is 0 Å². The maximum atomic E-state index is 4.41. The Balaban J connectivity index is 1.79. The van der Waals surface area contributed by atoms with Gasteiger partial charge in [-0.15, -0.1) is 0 Å². The Morgan fingerprint density at radius 1 is 1.37 bits per heavy atom. The van der Waals surface area contributed by atoms with E-state index in [1.54, 1.807) is 6.20 Å². The Morgan fingerprint density at radius 2 is 2.21 bits per heavy atom. The number of hydrogen-bond donors (Lipinski definition) is 2. The molecular formula is C13H20N6. The molecule has 102 valence electrons. The van der Waals surface area contributed by atoms with Gasteiger partial charge in [-0.3, -0.25) is 5.10 Å². The number of aromatic nitrogens is 4. The van der Waals surface area contributed by atoms with Crippen molar-refractivity contribution in [2.75, 3.05) is 30.9 Å². The molecule has 2 heterocycles. The van der Waals surface area contributed by atoms with Crippen LogP contribution >= 0.6 is 0 Å². The molecule has 0 bridgehead atoms. The van der Waals surface area contributed by atoms with Crippen LogP contribution in [0.15, 0.2) is 18.5 Å². The van der Waals surface area contributed by atoms with Gasteiger partial charge in [0.25, 0.3) is 0 Å². The van der Waals surface area contributed by atoms with Crippen LogP contribution in [0.3, 0.4) is 0 Å². The summed E-state index contributed by atoms with van der Waals surface area (Å²) in [6, 6.07) is 1.89. The van der Waals surface area contributed by atoms with E-state index in [2.05, 4.69) is 25.5 Å². The summed E-state index contributed by atoms with van der Waals surface area (Å²) in [5, 5.41) is 10.3. The monoisotopic (exact) mass is 260 g/mol. The fourth-order valence-corrected chi connectivity index (χ4v) is 1.79. The summed E-state index contributed by atoms with van der Waals surface area (Å²) in [4.78, 5) is 10.5. The third-order valence-electron chi connectivity index (χ3n) is 2.91. The molecule has 0 aliphatic rings. The molecule has 0 radical (unpaired) electrons. The van der Waals surface area contributed by atoms with Crippen molar-refractivity contribution in [2.24, 2.45) is 0 Å². The van der Waals surface area contributed by atoms with Crippen LogP contribution in [0.25, 0.3) is 0 Å². The minimum Gasteiger partial charge on any atom is -0.370 e. The van der Waals surface area contributed by atoms with Gasteiger partial charge in [0.1, 0.15) is 5.82 Å². The summed E-state index contributed by atoms with van der Waals surface area (Å²) >= 11 is 0. The second-order valence-electron chi connectivity index (χ2n) is 4.69. The molecule has 0 aromatic carbocycles. The summed E-state index contributed by atoms with van der Waals surface area (Å²) in [6.45, 7) is 2.93. The van der Waals surface area contributed by atoms with Crippen LogP contribution in [0.2, 0.25) is 0 Å². The van der Waals surface area contributed by atoms with Gasteiger partial charge in [-0.2, -0.15) is 10.1 Å². The number of aromatic amines is 1. The highest BCUT2D eigenvalue weighted by atomic mass is 15.2. The zero-order valence-electron chi connectivity index (χ0n) is 11.6. The first-order valence-electron chi connectivity index (χ1n) is 6.40. The highest BCUT2D eigenvalue weighted by Crippen LogP contribution is 2.09. The van der Waals surface area contributed by atoms with E-state index in [-0.39, 0.29) is 0 Å². The quantitative estimate of drug-likeness (QED) is 0.772. The third-order valence-corrected chi connectivity index (χ3v) is 2.91. The van der Waals surface area contributed by atoms with Crippen LogP contribution in [0, 0.1) is 6.92 Å². The van der Waals surface area contributed by atoms with Crippen molar-refractivity contribution in [3.8, 4) is 0 Å². The van der Waals surface area contributed by atoms with Crippen molar-refractivity contribution in [1.29, 1.82) is 0 Å². The minimum absolute atomic E-state index is 0.718.